The van der Waals surface area contributed by atoms with E-state index in [1.54, 1.807) is 16.4 Å². The zero-order valence-corrected chi connectivity index (χ0v) is 16.2. The first kappa shape index (κ1) is 17.4. The molecule has 0 spiro atoms. The van der Waals surface area contributed by atoms with Gasteiger partial charge in [-0.25, -0.2) is 13.4 Å². The highest BCUT2D eigenvalue weighted by Crippen LogP contribution is 2.31. The molecule has 28 heavy (non-hydrogen) atoms. The highest BCUT2D eigenvalue weighted by molar-refractivity contribution is 7.89. The Labute approximate surface area is 164 Å². The molecule has 6 heteroatoms. The van der Waals surface area contributed by atoms with Crippen LogP contribution in [0.2, 0.25) is 0 Å². The smallest absolute Gasteiger partial charge is 0.243 e. The molecule has 3 aromatic carbocycles. The predicted octanol–water partition coefficient (Wildman–Crippen LogP) is 4.28. The maximum Gasteiger partial charge on any atom is 0.243 e. The van der Waals surface area contributed by atoms with Crippen molar-refractivity contribution in [1.29, 1.82) is 0 Å². The first-order chi connectivity index (χ1) is 13.6. The van der Waals surface area contributed by atoms with Crippen LogP contribution in [0, 0.1) is 0 Å². The number of nitrogens with zero attached hydrogens (tertiary/aromatic N) is 2. The van der Waals surface area contributed by atoms with E-state index in [0.29, 0.717) is 18.0 Å². The Balaban J connectivity index is 1.45. The molecule has 5 rings (SSSR count). The highest BCUT2D eigenvalue weighted by atomic mass is 32.2. The third-order valence-electron chi connectivity index (χ3n) is 5.54. The van der Waals surface area contributed by atoms with Crippen LogP contribution in [0.5, 0.6) is 0 Å². The molecule has 1 atom stereocenters. The summed E-state index contributed by atoms with van der Waals surface area (Å²) < 4.78 is 28.2. The number of H-pyrrole nitrogens is 1. The van der Waals surface area contributed by atoms with Crippen LogP contribution in [0.3, 0.4) is 0 Å². The molecule has 1 saturated heterocycles. The summed E-state index contributed by atoms with van der Waals surface area (Å²) in [5, 5.41) is 1.98. The van der Waals surface area contributed by atoms with Crippen LogP contribution in [0.25, 0.3) is 21.8 Å². The lowest BCUT2D eigenvalue weighted by atomic mass is 9.99. The minimum atomic E-state index is -3.53. The molecule has 1 unspecified atom stereocenters. The van der Waals surface area contributed by atoms with Gasteiger partial charge in [0.1, 0.15) is 5.82 Å². The zero-order valence-electron chi connectivity index (χ0n) is 15.4. The maximum atomic E-state index is 13.3. The minimum Gasteiger partial charge on any atom is -0.342 e. The van der Waals surface area contributed by atoms with Crippen molar-refractivity contribution in [2.45, 2.75) is 23.7 Å². The van der Waals surface area contributed by atoms with Crippen LogP contribution in [0.1, 0.15) is 24.6 Å². The van der Waals surface area contributed by atoms with Crippen molar-refractivity contribution < 1.29 is 8.42 Å². The van der Waals surface area contributed by atoms with Crippen molar-refractivity contribution in [2.24, 2.45) is 0 Å². The quantitative estimate of drug-likeness (QED) is 0.567. The Bertz CT molecular complexity index is 1230. The molecule has 2 heterocycles. The fourth-order valence-electron chi connectivity index (χ4n) is 4.03. The summed E-state index contributed by atoms with van der Waals surface area (Å²) in [6.45, 7) is 1.00. The molecule has 142 valence electrons. The van der Waals surface area contributed by atoms with Gasteiger partial charge in [-0.1, -0.05) is 42.5 Å². The molecule has 0 aliphatic carbocycles. The molecule has 1 N–H and O–H groups in total. The number of aromatic nitrogens is 2. The van der Waals surface area contributed by atoms with Gasteiger partial charge in [0.15, 0.2) is 0 Å². The first-order valence-corrected chi connectivity index (χ1v) is 11.0. The molecular weight excluding hydrogens is 370 g/mol. The third kappa shape index (κ3) is 2.99. The normalized spacial score (nSPS) is 18.6. The molecule has 1 fully saturated rings. The number of fused-ring (bicyclic) bond motifs is 2. The van der Waals surface area contributed by atoms with E-state index in [1.165, 1.54) is 0 Å². The van der Waals surface area contributed by atoms with Gasteiger partial charge in [-0.05, 0) is 47.9 Å². The number of piperidine rings is 1. The number of nitrogens with one attached hydrogen (secondary N) is 1. The summed E-state index contributed by atoms with van der Waals surface area (Å²) in [4.78, 5) is 8.42. The van der Waals surface area contributed by atoms with Gasteiger partial charge in [-0.2, -0.15) is 4.31 Å². The lowest BCUT2D eigenvalue weighted by Gasteiger charge is -2.31. The molecular formula is C22H21N3O2S. The summed E-state index contributed by atoms with van der Waals surface area (Å²) in [5.74, 6) is 0.955. The standard InChI is InChI=1S/C22H21N3O2S/c26-28(27,19-12-11-16-6-1-2-7-17(16)14-19)25-13-5-8-18(15-25)22-23-20-9-3-4-10-21(20)24-22/h1-4,6-7,9-12,14,18H,5,8,13,15H2,(H,23,24). The second-order valence-electron chi connectivity index (χ2n) is 7.35. The number of sulfonamides is 1. The Morgan fingerprint density at radius 1 is 0.964 bits per heavy atom. The fraction of sp³-hybridized carbons (Fsp3) is 0.227. The van der Waals surface area contributed by atoms with Gasteiger partial charge in [0, 0.05) is 19.0 Å². The van der Waals surface area contributed by atoms with Gasteiger partial charge in [0.25, 0.3) is 0 Å². The number of para-hydroxylation sites is 2. The number of hydrogen-bond donors (Lipinski definition) is 1. The molecule has 4 aromatic rings. The summed E-state index contributed by atoms with van der Waals surface area (Å²) in [6, 6.07) is 21.1. The van der Waals surface area contributed by atoms with Crippen molar-refractivity contribution in [2.75, 3.05) is 13.1 Å². The zero-order chi connectivity index (χ0) is 19.1. The van der Waals surface area contributed by atoms with E-state index >= 15 is 0 Å². The summed E-state index contributed by atoms with van der Waals surface area (Å²) in [5.41, 5.74) is 1.92. The summed E-state index contributed by atoms with van der Waals surface area (Å²) >= 11 is 0. The number of benzene rings is 3. The lowest BCUT2D eigenvalue weighted by molar-refractivity contribution is 0.310. The van der Waals surface area contributed by atoms with Gasteiger partial charge < -0.3 is 4.98 Å². The third-order valence-corrected chi connectivity index (χ3v) is 7.40. The molecule has 1 aliphatic heterocycles. The van der Waals surface area contributed by atoms with Crippen LogP contribution in [0.4, 0.5) is 0 Å². The average molecular weight is 391 g/mol. The second kappa shape index (κ2) is 6.72. The highest BCUT2D eigenvalue weighted by Gasteiger charge is 2.32. The van der Waals surface area contributed by atoms with E-state index < -0.39 is 10.0 Å². The molecule has 0 bridgehead atoms. The number of imidazole rings is 1. The second-order valence-corrected chi connectivity index (χ2v) is 9.29. The van der Waals surface area contributed by atoms with Crippen LogP contribution in [-0.4, -0.2) is 35.8 Å². The molecule has 0 radical (unpaired) electrons. The average Bonchev–Trinajstić information content (AvgIpc) is 3.18. The molecule has 1 aromatic heterocycles. The Hall–Kier alpha value is -2.70. The van der Waals surface area contributed by atoms with Crippen molar-refractivity contribution >= 4 is 31.8 Å². The molecule has 1 aliphatic rings. The fourth-order valence-corrected chi connectivity index (χ4v) is 5.59. The van der Waals surface area contributed by atoms with Crippen molar-refractivity contribution in [3.05, 3.63) is 72.6 Å². The monoisotopic (exact) mass is 391 g/mol. The van der Waals surface area contributed by atoms with Gasteiger partial charge in [-0.3, -0.25) is 0 Å². The van der Waals surface area contributed by atoms with Gasteiger partial charge in [0.05, 0.1) is 15.9 Å². The molecule has 5 nitrogen and oxygen atoms in total. The topological polar surface area (TPSA) is 66.1 Å². The largest absolute Gasteiger partial charge is 0.342 e. The molecule has 0 saturated carbocycles. The first-order valence-electron chi connectivity index (χ1n) is 9.55. The minimum absolute atomic E-state index is 0.0800. The summed E-state index contributed by atoms with van der Waals surface area (Å²) in [7, 11) is -3.53. The van der Waals surface area contributed by atoms with Gasteiger partial charge >= 0.3 is 0 Å². The van der Waals surface area contributed by atoms with Crippen molar-refractivity contribution in [1.82, 2.24) is 14.3 Å². The van der Waals surface area contributed by atoms with Crippen LogP contribution < -0.4 is 0 Å². The van der Waals surface area contributed by atoms with E-state index in [1.807, 2.05) is 54.6 Å². The van der Waals surface area contributed by atoms with Crippen LogP contribution >= 0.6 is 0 Å². The van der Waals surface area contributed by atoms with Crippen LogP contribution in [0.15, 0.2) is 71.6 Å². The Morgan fingerprint density at radius 3 is 2.61 bits per heavy atom. The SMILES string of the molecule is O=S(=O)(c1ccc2ccccc2c1)N1CCCC(c2nc3ccccc3[nH]2)C1. The Morgan fingerprint density at radius 2 is 1.75 bits per heavy atom. The number of hydrogen-bond acceptors (Lipinski definition) is 3. The molecule has 0 amide bonds. The van der Waals surface area contributed by atoms with E-state index in [2.05, 4.69) is 9.97 Å². The van der Waals surface area contributed by atoms with Crippen molar-refractivity contribution in [3.63, 3.8) is 0 Å². The maximum absolute atomic E-state index is 13.3. The van der Waals surface area contributed by atoms with Gasteiger partial charge in [-0.15, -0.1) is 0 Å². The number of aromatic amines is 1. The summed E-state index contributed by atoms with van der Waals surface area (Å²) in [6.07, 6.45) is 1.76. The lowest BCUT2D eigenvalue weighted by Crippen LogP contribution is -2.39. The predicted molar refractivity (Wildman–Crippen MR) is 111 cm³/mol. The van der Waals surface area contributed by atoms with Gasteiger partial charge in [0.2, 0.25) is 10.0 Å². The van der Waals surface area contributed by atoms with E-state index in [4.69, 9.17) is 0 Å². The van der Waals surface area contributed by atoms with E-state index in [9.17, 15) is 8.42 Å². The number of rotatable bonds is 3. The van der Waals surface area contributed by atoms with Crippen molar-refractivity contribution in [3.8, 4) is 0 Å². The van der Waals surface area contributed by atoms with Crippen LogP contribution in [-0.2, 0) is 10.0 Å². The van der Waals surface area contributed by atoms with E-state index in [0.717, 1.165) is 40.5 Å². The Kier molecular flexibility index (Phi) is 4.18. The van der Waals surface area contributed by atoms with E-state index in [-0.39, 0.29) is 5.92 Å².